The molecule has 7 heteroatoms. The Kier molecular flexibility index (Phi) is 4.36. The van der Waals surface area contributed by atoms with E-state index in [4.69, 9.17) is 9.47 Å². The van der Waals surface area contributed by atoms with E-state index in [2.05, 4.69) is 15.4 Å². The van der Waals surface area contributed by atoms with E-state index < -0.39 is 6.04 Å². The molecule has 1 fully saturated rings. The number of anilines is 1. The standard InChI is InChI=1S/C19H22N4O3/c1-12-16(18(24)26-13-7-3-4-8-13)17(23-19(22-12)20-11-21-23)14-9-5-6-10-15(14)25-2/h5-6,9-11,13,17H,3-4,7-8H2,1-2H3,(H,20,21,22)/t17-/m1/s1. The van der Waals surface area contributed by atoms with Crippen LogP contribution in [0.4, 0.5) is 5.95 Å². The molecule has 0 unspecified atom stereocenters. The maximum absolute atomic E-state index is 13.1. The van der Waals surface area contributed by atoms with E-state index in [9.17, 15) is 4.79 Å². The number of para-hydroxylation sites is 1. The summed E-state index contributed by atoms with van der Waals surface area (Å²) in [6.45, 7) is 1.87. The normalized spacial score (nSPS) is 19.8. The minimum atomic E-state index is -0.446. The molecule has 26 heavy (non-hydrogen) atoms. The van der Waals surface area contributed by atoms with Gasteiger partial charge in [-0.1, -0.05) is 18.2 Å². The second-order valence-electron chi connectivity index (χ2n) is 6.65. The van der Waals surface area contributed by atoms with Crippen molar-refractivity contribution in [3.05, 3.63) is 47.4 Å². The van der Waals surface area contributed by atoms with Crippen molar-refractivity contribution < 1.29 is 14.3 Å². The highest BCUT2D eigenvalue weighted by molar-refractivity contribution is 5.92. The van der Waals surface area contributed by atoms with Gasteiger partial charge in [-0.2, -0.15) is 10.1 Å². The lowest BCUT2D eigenvalue weighted by molar-refractivity contribution is -0.144. The summed E-state index contributed by atoms with van der Waals surface area (Å²) in [4.78, 5) is 17.3. The molecule has 1 aromatic carbocycles. The third-order valence-corrected chi connectivity index (χ3v) is 5.02. The molecule has 0 spiro atoms. The molecule has 0 saturated heterocycles. The van der Waals surface area contributed by atoms with Crippen molar-refractivity contribution in [3.8, 4) is 5.75 Å². The molecule has 2 aromatic rings. The Morgan fingerprint density at radius 2 is 2.04 bits per heavy atom. The number of nitrogens with zero attached hydrogens (tertiary/aromatic N) is 3. The van der Waals surface area contributed by atoms with Crippen LogP contribution in [0.5, 0.6) is 5.75 Å². The molecule has 2 aliphatic rings. The number of nitrogens with one attached hydrogen (secondary N) is 1. The molecule has 1 N–H and O–H groups in total. The maximum atomic E-state index is 13.1. The number of methoxy groups -OCH3 is 1. The predicted octanol–water partition coefficient (Wildman–Crippen LogP) is 3.06. The highest BCUT2D eigenvalue weighted by atomic mass is 16.5. The van der Waals surface area contributed by atoms with Crippen LogP contribution in [-0.2, 0) is 9.53 Å². The Bertz CT molecular complexity index is 852. The quantitative estimate of drug-likeness (QED) is 0.850. The van der Waals surface area contributed by atoms with Gasteiger partial charge in [0.2, 0.25) is 5.95 Å². The molecule has 1 aliphatic carbocycles. The second kappa shape index (κ2) is 6.82. The molecule has 136 valence electrons. The lowest BCUT2D eigenvalue weighted by Gasteiger charge is -2.29. The van der Waals surface area contributed by atoms with Gasteiger partial charge >= 0.3 is 5.97 Å². The fourth-order valence-corrected chi connectivity index (χ4v) is 3.76. The summed E-state index contributed by atoms with van der Waals surface area (Å²) in [7, 11) is 1.62. The third-order valence-electron chi connectivity index (χ3n) is 5.02. The van der Waals surface area contributed by atoms with Gasteiger partial charge in [-0.3, -0.25) is 0 Å². The first kappa shape index (κ1) is 16.6. The molecule has 1 atom stereocenters. The minimum absolute atomic E-state index is 0.00161. The summed E-state index contributed by atoms with van der Waals surface area (Å²) in [6, 6.07) is 7.20. The lowest BCUT2D eigenvalue weighted by atomic mass is 9.95. The van der Waals surface area contributed by atoms with Crippen molar-refractivity contribution in [1.29, 1.82) is 0 Å². The van der Waals surface area contributed by atoms with Crippen LogP contribution in [0, 0.1) is 0 Å². The largest absolute Gasteiger partial charge is 0.496 e. The lowest BCUT2D eigenvalue weighted by Crippen LogP contribution is -2.31. The van der Waals surface area contributed by atoms with Crippen molar-refractivity contribution in [3.63, 3.8) is 0 Å². The number of carbonyl (C=O) groups is 1. The summed E-state index contributed by atoms with van der Waals surface area (Å²) in [6.07, 6.45) is 5.55. The SMILES string of the molecule is COc1ccccc1[C@@H]1C(C(=O)OC2CCCC2)=C(C)Nc2ncnn21. The summed E-state index contributed by atoms with van der Waals surface area (Å²) in [5, 5.41) is 7.49. The molecule has 0 amide bonds. The van der Waals surface area contributed by atoms with E-state index in [1.54, 1.807) is 11.8 Å². The van der Waals surface area contributed by atoms with Gasteiger partial charge in [-0.05, 0) is 38.7 Å². The molecule has 1 aliphatic heterocycles. The van der Waals surface area contributed by atoms with E-state index in [0.717, 1.165) is 36.9 Å². The van der Waals surface area contributed by atoms with Gasteiger partial charge in [0, 0.05) is 11.3 Å². The first-order chi connectivity index (χ1) is 12.7. The van der Waals surface area contributed by atoms with Crippen LogP contribution in [-0.4, -0.2) is 33.9 Å². The van der Waals surface area contributed by atoms with Gasteiger partial charge in [0.25, 0.3) is 0 Å². The molecular formula is C19H22N4O3. The average molecular weight is 354 g/mol. The highest BCUT2D eigenvalue weighted by Gasteiger charge is 2.37. The summed E-state index contributed by atoms with van der Waals surface area (Å²) in [5.41, 5.74) is 2.12. The topological polar surface area (TPSA) is 78.3 Å². The number of ether oxygens (including phenoxy) is 2. The number of aromatic nitrogens is 3. The Balaban J connectivity index is 1.77. The number of carbonyl (C=O) groups excluding carboxylic acids is 1. The summed E-state index contributed by atoms with van der Waals surface area (Å²) in [5.74, 6) is 0.981. The highest BCUT2D eigenvalue weighted by Crippen LogP contribution is 2.39. The number of benzene rings is 1. The van der Waals surface area contributed by atoms with Crippen molar-refractivity contribution in [2.45, 2.75) is 44.8 Å². The van der Waals surface area contributed by atoms with Crippen LogP contribution >= 0.6 is 0 Å². The van der Waals surface area contributed by atoms with Crippen LogP contribution in [0.2, 0.25) is 0 Å². The monoisotopic (exact) mass is 354 g/mol. The van der Waals surface area contributed by atoms with Crippen molar-refractivity contribution in [2.75, 3.05) is 12.4 Å². The number of hydrogen-bond donors (Lipinski definition) is 1. The zero-order valence-electron chi connectivity index (χ0n) is 14.9. The average Bonchev–Trinajstić information content (AvgIpc) is 3.31. The number of hydrogen-bond acceptors (Lipinski definition) is 6. The fraction of sp³-hybridized carbons (Fsp3) is 0.421. The van der Waals surface area contributed by atoms with Crippen molar-refractivity contribution in [1.82, 2.24) is 14.8 Å². The zero-order valence-corrected chi connectivity index (χ0v) is 14.9. The Hall–Kier alpha value is -2.83. The number of allylic oxidation sites excluding steroid dienone is 1. The Labute approximate surface area is 152 Å². The summed E-state index contributed by atoms with van der Waals surface area (Å²) >= 11 is 0. The number of fused-ring (bicyclic) bond motifs is 1. The zero-order chi connectivity index (χ0) is 18.1. The van der Waals surface area contributed by atoms with Crippen LogP contribution in [0.3, 0.4) is 0 Å². The number of esters is 1. The van der Waals surface area contributed by atoms with Gasteiger partial charge in [0.15, 0.2) is 0 Å². The van der Waals surface area contributed by atoms with E-state index in [1.165, 1.54) is 6.33 Å². The minimum Gasteiger partial charge on any atom is -0.496 e. The van der Waals surface area contributed by atoms with Crippen LogP contribution in [0.1, 0.15) is 44.2 Å². The smallest absolute Gasteiger partial charge is 0.338 e. The fourth-order valence-electron chi connectivity index (χ4n) is 3.76. The molecule has 7 nitrogen and oxygen atoms in total. The van der Waals surface area contributed by atoms with E-state index in [-0.39, 0.29) is 12.1 Å². The van der Waals surface area contributed by atoms with E-state index >= 15 is 0 Å². The van der Waals surface area contributed by atoms with Gasteiger partial charge in [0.05, 0.1) is 12.7 Å². The van der Waals surface area contributed by atoms with Crippen LogP contribution < -0.4 is 10.1 Å². The Morgan fingerprint density at radius 1 is 1.27 bits per heavy atom. The molecule has 2 heterocycles. The molecular weight excluding hydrogens is 332 g/mol. The first-order valence-electron chi connectivity index (χ1n) is 8.90. The van der Waals surface area contributed by atoms with Gasteiger partial charge in [0.1, 0.15) is 24.2 Å². The molecule has 0 radical (unpaired) electrons. The van der Waals surface area contributed by atoms with Crippen LogP contribution in [0.25, 0.3) is 0 Å². The molecule has 0 bridgehead atoms. The molecule has 4 rings (SSSR count). The van der Waals surface area contributed by atoms with Crippen LogP contribution in [0.15, 0.2) is 41.9 Å². The predicted molar refractivity (Wildman–Crippen MR) is 95.8 cm³/mol. The second-order valence-corrected chi connectivity index (χ2v) is 6.65. The molecule has 1 aromatic heterocycles. The molecule has 1 saturated carbocycles. The van der Waals surface area contributed by atoms with Gasteiger partial charge in [-0.25, -0.2) is 9.48 Å². The third kappa shape index (κ3) is 2.83. The van der Waals surface area contributed by atoms with Crippen molar-refractivity contribution >= 4 is 11.9 Å². The first-order valence-corrected chi connectivity index (χ1v) is 8.90. The number of rotatable bonds is 4. The maximum Gasteiger partial charge on any atom is 0.338 e. The summed E-state index contributed by atoms with van der Waals surface area (Å²) < 4.78 is 13.0. The van der Waals surface area contributed by atoms with E-state index in [1.807, 2.05) is 31.2 Å². The van der Waals surface area contributed by atoms with Gasteiger partial charge in [-0.15, -0.1) is 0 Å². The Morgan fingerprint density at radius 3 is 2.81 bits per heavy atom. The van der Waals surface area contributed by atoms with Crippen molar-refractivity contribution in [2.24, 2.45) is 0 Å². The van der Waals surface area contributed by atoms with E-state index in [0.29, 0.717) is 17.3 Å². The van der Waals surface area contributed by atoms with Gasteiger partial charge < -0.3 is 14.8 Å².